The van der Waals surface area contributed by atoms with Gasteiger partial charge in [0, 0.05) is 12.8 Å². The highest BCUT2D eigenvalue weighted by atomic mass is 16.3. The van der Waals surface area contributed by atoms with Crippen molar-refractivity contribution in [3.8, 4) is 0 Å². The Morgan fingerprint density at radius 1 is 1.67 bits per heavy atom. The van der Waals surface area contributed by atoms with Crippen molar-refractivity contribution in [3.05, 3.63) is 11.6 Å². The number of hydrogen-bond donors (Lipinski definition) is 1. The van der Waals surface area contributed by atoms with Gasteiger partial charge in [0.1, 0.15) is 0 Å². The fraction of sp³-hybridized carbons (Fsp3) is 0.571. The molecule has 1 aliphatic carbocycles. The summed E-state index contributed by atoms with van der Waals surface area (Å²) in [6.07, 6.45) is 2.23. The first-order valence-corrected chi connectivity index (χ1v) is 3.10. The molecule has 1 fully saturated rings. The molecule has 1 N–H and O–H groups in total. The Morgan fingerprint density at radius 3 is 2.56 bits per heavy atom. The number of rotatable bonds is 0. The highest BCUT2D eigenvalue weighted by Gasteiger charge is 2.23. The lowest BCUT2D eigenvalue weighted by molar-refractivity contribution is -0.115. The molecule has 0 heterocycles. The molecule has 0 spiro atoms. The first kappa shape index (κ1) is 6.49. The van der Waals surface area contributed by atoms with Crippen LogP contribution < -0.4 is 0 Å². The molecule has 0 radical (unpaired) electrons. The minimum atomic E-state index is -0.413. The Labute approximate surface area is 54.2 Å². The summed E-state index contributed by atoms with van der Waals surface area (Å²) in [6, 6.07) is 0. The fourth-order valence-electron chi connectivity index (χ4n) is 1.06. The van der Waals surface area contributed by atoms with Gasteiger partial charge in [0.2, 0.25) is 0 Å². The Kier molecular flexibility index (Phi) is 1.67. The third kappa shape index (κ3) is 1.19. The van der Waals surface area contributed by atoms with E-state index < -0.39 is 6.10 Å². The monoisotopic (exact) mass is 126 g/mol. The van der Waals surface area contributed by atoms with Crippen molar-refractivity contribution in [1.82, 2.24) is 0 Å². The maximum Gasteiger partial charge on any atom is 0.161 e. The molecule has 0 aromatic rings. The first-order valence-electron chi connectivity index (χ1n) is 3.10. The van der Waals surface area contributed by atoms with Gasteiger partial charge in [-0.1, -0.05) is 6.08 Å². The Bertz CT molecular complexity index is 158. The van der Waals surface area contributed by atoms with Gasteiger partial charge in [-0.25, -0.2) is 0 Å². The zero-order valence-electron chi connectivity index (χ0n) is 5.42. The van der Waals surface area contributed by atoms with Crippen LogP contribution in [0.3, 0.4) is 0 Å². The van der Waals surface area contributed by atoms with Gasteiger partial charge >= 0.3 is 0 Å². The van der Waals surface area contributed by atoms with Gasteiger partial charge in [-0.2, -0.15) is 0 Å². The molecule has 1 rings (SSSR count). The van der Waals surface area contributed by atoms with Crippen LogP contribution in [0.1, 0.15) is 19.8 Å². The van der Waals surface area contributed by atoms with E-state index >= 15 is 0 Å². The average molecular weight is 126 g/mol. The summed E-state index contributed by atoms with van der Waals surface area (Å²) in [5, 5.41) is 8.94. The van der Waals surface area contributed by atoms with Crippen LogP contribution in [0.25, 0.3) is 0 Å². The molecule has 2 nitrogen and oxygen atoms in total. The van der Waals surface area contributed by atoms with E-state index in [0.717, 1.165) is 5.57 Å². The third-order valence-electron chi connectivity index (χ3n) is 1.58. The molecule has 50 valence electrons. The first-order chi connectivity index (χ1) is 4.24. The highest BCUT2D eigenvalue weighted by Crippen LogP contribution is 2.20. The molecule has 1 aliphatic rings. The molecular weight excluding hydrogens is 116 g/mol. The normalized spacial score (nSPS) is 32.0. The van der Waals surface area contributed by atoms with Crippen LogP contribution in [-0.2, 0) is 4.79 Å². The number of ketones is 1. The Balaban J connectivity index is 2.70. The zero-order chi connectivity index (χ0) is 6.85. The second-order valence-electron chi connectivity index (χ2n) is 2.30. The number of carbonyl (C=O) groups excluding carboxylic acids is 1. The summed E-state index contributed by atoms with van der Waals surface area (Å²) < 4.78 is 0. The smallest absolute Gasteiger partial charge is 0.161 e. The average Bonchev–Trinajstić information content (AvgIpc) is 2.10. The predicted octanol–water partition coefficient (Wildman–Crippen LogP) is 0.657. The molecule has 0 aromatic heterocycles. The maximum atomic E-state index is 10.8. The van der Waals surface area contributed by atoms with Crippen LogP contribution in [0.15, 0.2) is 11.6 Å². The van der Waals surface area contributed by atoms with Crippen LogP contribution in [0.2, 0.25) is 0 Å². The second-order valence-corrected chi connectivity index (χ2v) is 2.30. The van der Waals surface area contributed by atoms with E-state index in [9.17, 15) is 4.79 Å². The largest absolute Gasteiger partial charge is 0.392 e. The number of allylic oxidation sites excluding steroid dienone is 1. The molecular formula is C7H10O2. The minimum Gasteiger partial charge on any atom is -0.392 e. The molecule has 0 aromatic carbocycles. The van der Waals surface area contributed by atoms with E-state index in [2.05, 4.69) is 0 Å². The van der Waals surface area contributed by atoms with E-state index in [1.54, 1.807) is 6.08 Å². The van der Waals surface area contributed by atoms with Gasteiger partial charge in [0.15, 0.2) is 5.78 Å². The number of Topliss-reactive ketones (excluding diaryl/α,β-unsaturated/α-hetero) is 1. The summed E-state index contributed by atoms with van der Waals surface area (Å²) in [6.45, 7) is 1.82. The van der Waals surface area contributed by atoms with Crippen molar-refractivity contribution in [2.75, 3.05) is 0 Å². The molecule has 0 unspecified atom stereocenters. The second kappa shape index (κ2) is 2.31. The van der Waals surface area contributed by atoms with Gasteiger partial charge in [-0.05, 0) is 12.5 Å². The van der Waals surface area contributed by atoms with Gasteiger partial charge in [-0.15, -0.1) is 0 Å². The SMILES string of the molecule is C/C=C1/C[C@H](O)CC1=O. The Hall–Kier alpha value is -0.630. The van der Waals surface area contributed by atoms with Crippen molar-refractivity contribution in [2.45, 2.75) is 25.9 Å². The van der Waals surface area contributed by atoms with E-state index in [-0.39, 0.29) is 5.78 Å². The standard InChI is InChI=1S/C7H10O2/c1-2-5-3-6(8)4-7(5)9/h2,6,8H,3-4H2,1H3/b5-2-/t6-/m0/s1. The van der Waals surface area contributed by atoms with Gasteiger partial charge in [0.25, 0.3) is 0 Å². The summed E-state index contributed by atoms with van der Waals surface area (Å²) in [4.78, 5) is 10.8. The van der Waals surface area contributed by atoms with Crippen LogP contribution in [0.5, 0.6) is 0 Å². The highest BCUT2D eigenvalue weighted by molar-refractivity contribution is 5.97. The predicted molar refractivity (Wildman–Crippen MR) is 34.0 cm³/mol. The van der Waals surface area contributed by atoms with Crippen molar-refractivity contribution < 1.29 is 9.90 Å². The van der Waals surface area contributed by atoms with Crippen molar-refractivity contribution in [1.29, 1.82) is 0 Å². The van der Waals surface area contributed by atoms with Crippen LogP contribution >= 0.6 is 0 Å². The van der Waals surface area contributed by atoms with Crippen LogP contribution in [-0.4, -0.2) is 17.0 Å². The lowest BCUT2D eigenvalue weighted by Gasteiger charge is -1.91. The number of aliphatic hydroxyl groups is 1. The van der Waals surface area contributed by atoms with E-state index in [1.165, 1.54) is 0 Å². The molecule has 0 amide bonds. The van der Waals surface area contributed by atoms with Crippen molar-refractivity contribution >= 4 is 5.78 Å². The van der Waals surface area contributed by atoms with Gasteiger partial charge < -0.3 is 5.11 Å². The molecule has 1 saturated carbocycles. The zero-order valence-corrected chi connectivity index (χ0v) is 5.42. The van der Waals surface area contributed by atoms with Crippen LogP contribution in [0, 0.1) is 0 Å². The quantitative estimate of drug-likeness (QED) is 0.484. The third-order valence-corrected chi connectivity index (χ3v) is 1.58. The summed E-state index contributed by atoms with van der Waals surface area (Å²) in [7, 11) is 0. The molecule has 2 heteroatoms. The summed E-state index contributed by atoms with van der Waals surface area (Å²) >= 11 is 0. The summed E-state index contributed by atoms with van der Waals surface area (Å²) in [5.74, 6) is 0.102. The minimum absolute atomic E-state index is 0.102. The van der Waals surface area contributed by atoms with E-state index in [1.807, 2.05) is 6.92 Å². The fourth-order valence-corrected chi connectivity index (χ4v) is 1.06. The molecule has 0 aliphatic heterocycles. The van der Waals surface area contributed by atoms with Gasteiger partial charge in [-0.3, -0.25) is 4.79 Å². The number of aliphatic hydroxyl groups excluding tert-OH is 1. The lowest BCUT2D eigenvalue weighted by atomic mass is 10.2. The van der Waals surface area contributed by atoms with Crippen molar-refractivity contribution in [2.24, 2.45) is 0 Å². The van der Waals surface area contributed by atoms with E-state index in [4.69, 9.17) is 5.11 Å². The van der Waals surface area contributed by atoms with Gasteiger partial charge in [0.05, 0.1) is 6.10 Å². The topological polar surface area (TPSA) is 37.3 Å². The van der Waals surface area contributed by atoms with E-state index in [0.29, 0.717) is 12.8 Å². The molecule has 1 atom stereocenters. The number of carbonyl (C=O) groups is 1. The molecule has 0 bridgehead atoms. The lowest BCUT2D eigenvalue weighted by Crippen LogP contribution is -1.98. The molecule has 9 heavy (non-hydrogen) atoms. The molecule has 0 saturated heterocycles. The number of hydrogen-bond acceptors (Lipinski definition) is 2. The van der Waals surface area contributed by atoms with Crippen LogP contribution in [0.4, 0.5) is 0 Å². The Morgan fingerprint density at radius 2 is 2.33 bits per heavy atom. The van der Waals surface area contributed by atoms with Crippen molar-refractivity contribution in [3.63, 3.8) is 0 Å². The maximum absolute atomic E-state index is 10.8. The summed E-state index contributed by atoms with van der Waals surface area (Å²) in [5.41, 5.74) is 0.780.